The first kappa shape index (κ1) is 13.8. The predicted molar refractivity (Wildman–Crippen MR) is 77.2 cm³/mol. The quantitative estimate of drug-likeness (QED) is 0.857. The first-order valence-electron chi connectivity index (χ1n) is 7.17. The van der Waals surface area contributed by atoms with Crippen LogP contribution >= 0.6 is 0 Å². The summed E-state index contributed by atoms with van der Waals surface area (Å²) in [6.45, 7) is 5.94. The van der Waals surface area contributed by atoms with Crippen molar-refractivity contribution in [2.45, 2.75) is 33.1 Å². The van der Waals surface area contributed by atoms with E-state index in [2.05, 4.69) is 22.5 Å². The number of aromatic nitrogens is 1. The molecular weight excluding hydrogens is 238 g/mol. The Morgan fingerprint density at radius 1 is 1.42 bits per heavy atom. The third-order valence-electron chi connectivity index (χ3n) is 3.73. The molecule has 1 fully saturated rings. The van der Waals surface area contributed by atoms with Crippen molar-refractivity contribution in [3.8, 4) is 0 Å². The number of nitrogens with one attached hydrogen (secondary N) is 2. The Hall–Kier alpha value is -1.58. The molecule has 0 bridgehead atoms. The van der Waals surface area contributed by atoms with E-state index in [9.17, 15) is 4.79 Å². The van der Waals surface area contributed by atoms with E-state index in [1.165, 1.54) is 19.3 Å². The Kier molecular flexibility index (Phi) is 4.77. The molecule has 1 aliphatic carbocycles. The predicted octanol–water partition coefficient (Wildman–Crippen LogP) is 2.68. The van der Waals surface area contributed by atoms with Crippen molar-refractivity contribution >= 4 is 11.6 Å². The molecule has 1 aromatic heterocycles. The van der Waals surface area contributed by atoms with Crippen LogP contribution in [0.15, 0.2) is 18.3 Å². The minimum atomic E-state index is -0.0670. The van der Waals surface area contributed by atoms with Gasteiger partial charge in [-0.25, -0.2) is 4.98 Å². The second-order valence-corrected chi connectivity index (χ2v) is 5.46. The highest BCUT2D eigenvalue weighted by atomic mass is 16.1. The summed E-state index contributed by atoms with van der Waals surface area (Å²) in [5, 5.41) is 6.15. The van der Waals surface area contributed by atoms with E-state index in [0.29, 0.717) is 11.6 Å². The average Bonchev–Trinajstić information content (AvgIpc) is 2.83. The highest BCUT2D eigenvalue weighted by molar-refractivity contribution is 5.92. The summed E-state index contributed by atoms with van der Waals surface area (Å²) in [6, 6.07) is 3.66. The Labute approximate surface area is 115 Å². The van der Waals surface area contributed by atoms with E-state index >= 15 is 0 Å². The molecule has 0 radical (unpaired) electrons. The van der Waals surface area contributed by atoms with Gasteiger partial charge in [0.2, 0.25) is 0 Å². The van der Waals surface area contributed by atoms with E-state index in [0.717, 1.165) is 24.7 Å². The lowest BCUT2D eigenvalue weighted by atomic mass is 10.1. The molecule has 2 unspecified atom stereocenters. The second kappa shape index (κ2) is 6.55. The normalized spacial score (nSPS) is 22.2. The number of carbonyl (C=O) groups excluding carboxylic acids is 1. The number of pyridine rings is 1. The summed E-state index contributed by atoms with van der Waals surface area (Å²) in [5.74, 6) is 1.38. The number of nitrogens with zero attached hydrogens (tertiary/aromatic N) is 1. The summed E-state index contributed by atoms with van der Waals surface area (Å²) in [7, 11) is 0. The molecule has 4 nitrogen and oxygen atoms in total. The van der Waals surface area contributed by atoms with Gasteiger partial charge in [-0.15, -0.1) is 0 Å². The van der Waals surface area contributed by atoms with Crippen LogP contribution in [0.3, 0.4) is 0 Å². The minimum absolute atomic E-state index is 0.0670. The smallest absolute Gasteiger partial charge is 0.269 e. The molecule has 2 rings (SSSR count). The standard InChI is InChI=1S/C15H23N3O/c1-3-16-13-6-7-14(17-10-13)15(19)18-9-12-5-4-11(2)8-12/h6-7,10-12,16H,3-5,8-9H2,1-2H3,(H,18,19). The van der Waals surface area contributed by atoms with Crippen LogP contribution in [0.1, 0.15) is 43.6 Å². The zero-order valence-corrected chi connectivity index (χ0v) is 11.8. The van der Waals surface area contributed by atoms with Gasteiger partial charge in [0, 0.05) is 13.1 Å². The summed E-state index contributed by atoms with van der Waals surface area (Å²) in [4.78, 5) is 16.1. The maximum absolute atomic E-state index is 12.0. The van der Waals surface area contributed by atoms with Crippen LogP contribution in [-0.4, -0.2) is 24.0 Å². The molecule has 1 aliphatic rings. The van der Waals surface area contributed by atoms with E-state index in [4.69, 9.17) is 0 Å². The molecule has 0 aliphatic heterocycles. The first-order chi connectivity index (χ1) is 9.19. The molecule has 0 spiro atoms. The Morgan fingerprint density at radius 2 is 2.26 bits per heavy atom. The molecule has 0 saturated heterocycles. The lowest BCUT2D eigenvalue weighted by Crippen LogP contribution is -2.29. The van der Waals surface area contributed by atoms with Crippen molar-refractivity contribution in [1.82, 2.24) is 10.3 Å². The molecule has 2 N–H and O–H groups in total. The Bertz CT molecular complexity index is 416. The highest BCUT2D eigenvalue weighted by Crippen LogP contribution is 2.29. The van der Waals surface area contributed by atoms with Crippen LogP contribution in [0.2, 0.25) is 0 Å². The number of hydrogen-bond donors (Lipinski definition) is 2. The molecule has 19 heavy (non-hydrogen) atoms. The SMILES string of the molecule is CCNc1ccc(C(=O)NCC2CCC(C)C2)nc1. The Balaban J connectivity index is 1.82. The molecule has 2 atom stereocenters. The van der Waals surface area contributed by atoms with Gasteiger partial charge in [-0.05, 0) is 43.7 Å². The van der Waals surface area contributed by atoms with Gasteiger partial charge in [0.1, 0.15) is 5.69 Å². The third kappa shape index (κ3) is 3.94. The van der Waals surface area contributed by atoms with E-state index in [-0.39, 0.29) is 5.91 Å². The fourth-order valence-corrected chi connectivity index (χ4v) is 2.67. The van der Waals surface area contributed by atoms with Gasteiger partial charge >= 0.3 is 0 Å². The van der Waals surface area contributed by atoms with Crippen LogP contribution in [0, 0.1) is 11.8 Å². The van der Waals surface area contributed by atoms with Crippen molar-refractivity contribution in [3.05, 3.63) is 24.0 Å². The number of hydrogen-bond acceptors (Lipinski definition) is 3. The van der Waals surface area contributed by atoms with Gasteiger partial charge in [0.15, 0.2) is 0 Å². The monoisotopic (exact) mass is 261 g/mol. The van der Waals surface area contributed by atoms with Crippen LogP contribution in [0.4, 0.5) is 5.69 Å². The molecular formula is C15H23N3O. The molecule has 1 heterocycles. The first-order valence-corrected chi connectivity index (χ1v) is 7.17. The number of rotatable bonds is 5. The topological polar surface area (TPSA) is 54.0 Å². The van der Waals surface area contributed by atoms with Crippen LogP contribution in [0.5, 0.6) is 0 Å². The molecule has 1 amide bonds. The average molecular weight is 261 g/mol. The molecule has 1 aromatic rings. The van der Waals surface area contributed by atoms with Gasteiger partial charge in [0.05, 0.1) is 11.9 Å². The van der Waals surface area contributed by atoms with Gasteiger partial charge in [-0.2, -0.15) is 0 Å². The van der Waals surface area contributed by atoms with Crippen molar-refractivity contribution in [3.63, 3.8) is 0 Å². The summed E-state index contributed by atoms with van der Waals surface area (Å²) >= 11 is 0. The fourth-order valence-electron chi connectivity index (χ4n) is 2.67. The van der Waals surface area contributed by atoms with Crippen LogP contribution < -0.4 is 10.6 Å². The van der Waals surface area contributed by atoms with Crippen molar-refractivity contribution in [2.75, 3.05) is 18.4 Å². The number of carbonyl (C=O) groups is 1. The maximum Gasteiger partial charge on any atom is 0.269 e. The summed E-state index contributed by atoms with van der Waals surface area (Å²) < 4.78 is 0. The van der Waals surface area contributed by atoms with Crippen molar-refractivity contribution < 1.29 is 4.79 Å². The van der Waals surface area contributed by atoms with Gasteiger partial charge in [0.25, 0.3) is 5.91 Å². The van der Waals surface area contributed by atoms with Crippen molar-refractivity contribution in [2.24, 2.45) is 11.8 Å². The molecule has 4 heteroatoms. The van der Waals surface area contributed by atoms with Gasteiger partial charge in [-0.3, -0.25) is 4.79 Å². The number of anilines is 1. The van der Waals surface area contributed by atoms with Gasteiger partial charge < -0.3 is 10.6 Å². The zero-order chi connectivity index (χ0) is 13.7. The van der Waals surface area contributed by atoms with Gasteiger partial charge in [-0.1, -0.05) is 13.3 Å². The van der Waals surface area contributed by atoms with E-state index in [1.54, 1.807) is 12.3 Å². The number of amides is 1. The van der Waals surface area contributed by atoms with Crippen LogP contribution in [-0.2, 0) is 0 Å². The van der Waals surface area contributed by atoms with E-state index in [1.807, 2.05) is 13.0 Å². The second-order valence-electron chi connectivity index (χ2n) is 5.46. The van der Waals surface area contributed by atoms with Crippen LogP contribution in [0.25, 0.3) is 0 Å². The third-order valence-corrected chi connectivity index (χ3v) is 3.73. The molecule has 1 saturated carbocycles. The highest BCUT2D eigenvalue weighted by Gasteiger charge is 2.21. The van der Waals surface area contributed by atoms with E-state index < -0.39 is 0 Å². The largest absolute Gasteiger partial charge is 0.384 e. The zero-order valence-electron chi connectivity index (χ0n) is 11.8. The fraction of sp³-hybridized carbons (Fsp3) is 0.600. The molecule has 104 valence electrons. The maximum atomic E-state index is 12.0. The minimum Gasteiger partial charge on any atom is -0.384 e. The molecule has 0 aromatic carbocycles. The lowest BCUT2D eigenvalue weighted by Gasteiger charge is -2.11. The Morgan fingerprint density at radius 3 is 2.84 bits per heavy atom. The summed E-state index contributed by atoms with van der Waals surface area (Å²) in [5.41, 5.74) is 1.44. The summed E-state index contributed by atoms with van der Waals surface area (Å²) in [6.07, 6.45) is 5.45. The van der Waals surface area contributed by atoms with Crippen molar-refractivity contribution in [1.29, 1.82) is 0 Å². The lowest BCUT2D eigenvalue weighted by molar-refractivity contribution is 0.0942.